The number of aromatic nitrogens is 2. The lowest BCUT2D eigenvalue weighted by Gasteiger charge is -2.21. The van der Waals surface area contributed by atoms with E-state index in [2.05, 4.69) is 15.3 Å². The summed E-state index contributed by atoms with van der Waals surface area (Å²) >= 11 is 5.93. The van der Waals surface area contributed by atoms with Gasteiger partial charge in [0, 0.05) is 19.6 Å². The van der Waals surface area contributed by atoms with Crippen LogP contribution in [0, 0.1) is 0 Å². The Morgan fingerprint density at radius 3 is 3.18 bits per heavy atom. The molecule has 0 bridgehead atoms. The molecule has 94 valence electrons. The molecule has 0 spiro atoms. The lowest BCUT2D eigenvalue weighted by Crippen LogP contribution is -2.37. The van der Waals surface area contributed by atoms with E-state index in [1.165, 1.54) is 13.3 Å². The molecule has 17 heavy (non-hydrogen) atoms. The average Bonchev–Trinajstić information content (AvgIpc) is 2.76. The highest BCUT2D eigenvalue weighted by Gasteiger charge is 2.32. The number of methoxy groups -OCH3 is 1. The average molecular weight is 260 g/mol. The van der Waals surface area contributed by atoms with Gasteiger partial charge in [-0.2, -0.15) is 4.98 Å². The molecule has 7 heteroatoms. The normalized spacial score (nSPS) is 23.7. The third kappa shape index (κ3) is 2.96. The number of halogens is 1. The summed E-state index contributed by atoms with van der Waals surface area (Å²) in [5.74, 6) is 0.443. The second-order valence-corrected chi connectivity index (χ2v) is 4.34. The van der Waals surface area contributed by atoms with E-state index in [0.717, 1.165) is 0 Å². The van der Waals surface area contributed by atoms with Crippen LogP contribution in [0.1, 0.15) is 6.42 Å². The zero-order valence-electron chi connectivity index (χ0n) is 9.44. The van der Waals surface area contributed by atoms with Crippen molar-refractivity contribution in [3.63, 3.8) is 0 Å². The Bertz CT molecular complexity index is 396. The minimum atomic E-state index is -0.860. The summed E-state index contributed by atoms with van der Waals surface area (Å²) in [6.07, 6.45) is 2.05. The summed E-state index contributed by atoms with van der Waals surface area (Å²) in [5.41, 5.74) is -0.860. The Morgan fingerprint density at radius 1 is 1.71 bits per heavy atom. The number of ether oxygens (including phenoxy) is 2. The molecule has 2 N–H and O–H groups in total. The molecule has 1 aliphatic rings. The van der Waals surface area contributed by atoms with Crippen molar-refractivity contribution < 1.29 is 14.6 Å². The molecule has 0 radical (unpaired) electrons. The molecule has 6 nitrogen and oxygen atoms in total. The predicted octanol–water partition coefficient (Wildman–Crippen LogP) is 0.702. The van der Waals surface area contributed by atoms with E-state index in [1.54, 1.807) is 0 Å². The molecule has 2 heterocycles. The van der Waals surface area contributed by atoms with Gasteiger partial charge in [-0.05, 0) is 0 Å². The van der Waals surface area contributed by atoms with E-state index in [4.69, 9.17) is 21.1 Å². The molecule has 1 saturated heterocycles. The number of rotatable bonds is 4. The summed E-state index contributed by atoms with van der Waals surface area (Å²) in [6, 6.07) is 0.228. The maximum absolute atomic E-state index is 10.1. The van der Waals surface area contributed by atoms with Crippen molar-refractivity contribution in [2.24, 2.45) is 0 Å². The van der Waals surface area contributed by atoms with Gasteiger partial charge in [0.2, 0.25) is 0 Å². The third-order valence-corrected chi connectivity index (χ3v) is 2.85. The van der Waals surface area contributed by atoms with Crippen molar-refractivity contribution in [1.82, 2.24) is 9.97 Å². The molecule has 1 aromatic heterocycles. The molecular formula is C10H14ClN3O3. The highest BCUT2D eigenvalue weighted by Crippen LogP contribution is 2.23. The first-order valence-electron chi connectivity index (χ1n) is 5.23. The van der Waals surface area contributed by atoms with Crippen molar-refractivity contribution in [2.45, 2.75) is 12.0 Å². The number of hydrogen-bond acceptors (Lipinski definition) is 6. The molecule has 1 aliphatic heterocycles. The molecule has 0 aliphatic carbocycles. The first-order chi connectivity index (χ1) is 8.13. The topological polar surface area (TPSA) is 76.5 Å². The van der Waals surface area contributed by atoms with Crippen LogP contribution in [0.25, 0.3) is 0 Å². The van der Waals surface area contributed by atoms with Crippen LogP contribution in [0.2, 0.25) is 5.02 Å². The van der Waals surface area contributed by atoms with E-state index >= 15 is 0 Å². The van der Waals surface area contributed by atoms with Crippen molar-refractivity contribution in [3.8, 4) is 6.01 Å². The van der Waals surface area contributed by atoms with Gasteiger partial charge in [0.05, 0.1) is 19.9 Å². The van der Waals surface area contributed by atoms with Crippen LogP contribution in [0.4, 0.5) is 5.82 Å². The van der Waals surface area contributed by atoms with E-state index in [9.17, 15) is 5.11 Å². The fourth-order valence-electron chi connectivity index (χ4n) is 1.56. The lowest BCUT2D eigenvalue weighted by atomic mass is 10.0. The van der Waals surface area contributed by atoms with Gasteiger partial charge in [-0.1, -0.05) is 11.6 Å². The summed E-state index contributed by atoms with van der Waals surface area (Å²) in [4.78, 5) is 7.92. The fourth-order valence-corrected chi connectivity index (χ4v) is 1.72. The van der Waals surface area contributed by atoms with Crippen LogP contribution < -0.4 is 10.1 Å². The maximum atomic E-state index is 10.1. The standard InChI is InChI=1S/C10H14ClN3O3/c1-16-9-12-4-7(11)8(14-9)13-5-10(15)2-3-17-6-10/h4,15H,2-3,5-6H2,1H3,(H,12,13,14). The summed E-state index contributed by atoms with van der Waals surface area (Å²) in [6.45, 7) is 1.21. The Kier molecular flexibility index (Phi) is 3.66. The number of anilines is 1. The molecule has 1 aromatic rings. The summed E-state index contributed by atoms with van der Waals surface area (Å²) < 4.78 is 10.0. The Labute approximate surface area is 104 Å². The highest BCUT2D eigenvalue weighted by molar-refractivity contribution is 6.32. The minimum absolute atomic E-state index is 0.228. The van der Waals surface area contributed by atoms with E-state index in [0.29, 0.717) is 37.0 Å². The SMILES string of the molecule is COc1ncc(Cl)c(NCC2(O)CCOC2)n1. The summed E-state index contributed by atoms with van der Waals surface area (Å²) in [5, 5.41) is 13.4. The predicted molar refractivity (Wildman–Crippen MR) is 62.5 cm³/mol. The number of nitrogens with one attached hydrogen (secondary N) is 1. The Hall–Kier alpha value is -1.11. The van der Waals surface area contributed by atoms with Crippen LogP contribution >= 0.6 is 11.6 Å². The second-order valence-electron chi connectivity index (χ2n) is 3.93. The van der Waals surface area contributed by atoms with E-state index < -0.39 is 5.60 Å². The molecule has 2 rings (SSSR count). The van der Waals surface area contributed by atoms with Crippen LogP contribution in [0.5, 0.6) is 6.01 Å². The van der Waals surface area contributed by atoms with Crippen LogP contribution in [0.3, 0.4) is 0 Å². The Balaban J connectivity index is 2.02. The minimum Gasteiger partial charge on any atom is -0.467 e. The zero-order valence-corrected chi connectivity index (χ0v) is 10.2. The van der Waals surface area contributed by atoms with Gasteiger partial charge in [0.15, 0.2) is 5.82 Å². The van der Waals surface area contributed by atoms with Crippen LogP contribution in [0.15, 0.2) is 6.20 Å². The molecule has 1 atom stereocenters. The molecule has 1 fully saturated rings. The summed E-state index contributed by atoms with van der Waals surface area (Å²) in [7, 11) is 1.48. The largest absolute Gasteiger partial charge is 0.467 e. The van der Waals surface area contributed by atoms with Gasteiger partial charge in [0.25, 0.3) is 0 Å². The molecule has 0 amide bonds. The number of aliphatic hydroxyl groups is 1. The van der Waals surface area contributed by atoms with Gasteiger partial charge in [-0.3, -0.25) is 0 Å². The molecular weight excluding hydrogens is 246 g/mol. The van der Waals surface area contributed by atoms with Gasteiger partial charge < -0.3 is 19.9 Å². The Morgan fingerprint density at radius 2 is 2.53 bits per heavy atom. The first kappa shape index (κ1) is 12.3. The molecule has 0 aromatic carbocycles. The van der Waals surface area contributed by atoms with E-state index in [1.807, 2.05) is 0 Å². The zero-order chi connectivity index (χ0) is 12.3. The van der Waals surface area contributed by atoms with E-state index in [-0.39, 0.29) is 6.01 Å². The van der Waals surface area contributed by atoms with Gasteiger partial charge in [0.1, 0.15) is 10.6 Å². The van der Waals surface area contributed by atoms with Crippen molar-refractivity contribution in [3.05, 3.63) is 11.2 Å². The fraction of sp³-hybridized carbons (Fsp3) is 0.600. The molecule has 1 unspecified atom stereocenters. The quantitative estimate of drug-likeness (QED) is 0.829. The van der Waals surface area contributed by atoms with Crippen molar-refractivity contribution >= 4 is 17.4 Å². The monoisotopic (exact) mass is 259 g/mol. The van der Waals surface area contributed by atoms with Gasteiger partial charge in [-0.25, -0.2) is 4.98 Å². The van der Waals surface area contributed by atoms with Crippen molar-refractivity contribution in [1.29, 1.82) is 0 Å². The van der Waals surface area contributed by atoms with Gasteiger partial charge >= 0.3 is 6.01 Å². The maximum Gasteiger partial charge on any atom is 0.318 e. The lowest BCUT2D eigenvalue weighted by molar-refractivity contribution is 0.0381. The first-order valence-corrected chi connectivity index (χ1v) is 5.61. The second kappa shape index (κ2) is 5.03. The smallest absolute Gasteiger partial charge is 0.318 e. The molecule has 0 saturated carbocycles. The van der Waals surface area contributed by atoms with Crippen LogP contribution in [-0.4, -0.2) is 47.5 Å². The highest BCUT2D eigenvalue weighted by atomic mass is 35.5. The van der Waals surface area contributed by atoms with Crippen molar-refractivity contribution in [2.75, 3.05) is 32.2 Å². The number of nitrogens with zero attached hydrogens (tertiary/aromatic N) is 2. The van der Waals surface area contributed by atoms with Gasteiger partial charge in [-0.15, -0.1) is 0 Å². The van der Waals surface area contributed by atoms with Crippen LogP contribution in [-0.2, 0) is 4.74 Å². The third-order valence-electron chi connectivity index (χ3n) is 2.57. The number of hydrogen-bond donors (Lipinski definition) is 2.